The largest absolute Gasteiger partial charge is 0.395 e. The van der Waals surface area contributed by atoms with Crippen molar-refractivity contribution in [2.45, 2.75) is 0 Å². The van der Waals surface area contributed by atoms with Crippen molar-refractivity contribution in [3.8, 4) is 6.07 Å². The summed E-state index contributed by atoms with van der Waals surface area (Å²) in [5.74, 6) is 2.73. The number of rotatable bonds is 5. The van der Waals surface area contributed by atoms with Crippen molar-refractivity contribution >= 4 is 17.5 Å². The smallest absolute Gasteiger partial charge is 0.151 e. The number of piperazine rings is 2. The number of aliphatic hydroxyl groups is 1. The summed E-state index contributed by atoms with van der Waals surface area (Å²) in [5, 5.41) is 26.9. The molecule has 4 heterocycles. The molecule has 29 heavy (non-hydrogen) atoms. The van der Waals surface area contributed by atoms with E-state index in [0.717, 1.165) is 76.4 Å². The zero-order chi connectivity index (χ0) is 20.1. The van der Waals surface area contributed by atoms with Crippen LogP contribution in [-0.4, -0.2) is 90.7 Å². The van der Waals surface area contributed by atoms with E-state index in [4.69, 9.17) is 10.4 Å². The third kappa shape index (κ3) is 4.55. The molecule has 2 aromatic rings. The lowest BCUT2D eigenvalue weighted by atomic mass is 10.2. The average Bonchev–Trinajstić information content (AvgIpc) is 2.80. The molecule has 4 rings (SSSR count). The molecule has 0 unspecified atom stereocenters. The number of nitriles is 1. The number of nitrogens with zero attached hydrogens (tertiary/aromatic N) is 8. The van der Waals surface area contributed by atoms with Gasteiger partial charge in [-0.15, -0.1) is 10.2 Å². The highest BCUT2D eigenvalue weighted by Crippen LogP contribution is 2.20. The number of hydrogen-bond acceptors (Lipinski definition) is 9. The van der Waals surface area contributed by atoms with Crippen LogP contribution in [0.2, 0.25) is 0 Å². The van der Waals surface area contributed by atoms with Crippen LogP contribution in [0.5, 0.6) is 0 Å². The van der Waals surface area contributed by atoms with Gasteiger partial charge >= 0.3 is 0 Å². The number of hydrogen-bond donors (Lipinski definition) is 1. The highest BCUT2D eigenvalue weighted by atomic mass is 16.3. The van der Waals surface area contributed by atoms with E-state index in [9.17, 15) is 0 Å². The molecular formula is C20H26N8O. The molecule has 9 nitrogen and oxygen atoms in total. The normalized spacial score (nSPS) is 18.0. The Bertz CT molecular complexity index is 819. The fraction of sp³-hybridized carbons (Fsp3) is 0.500. The van der Waals surface area contributed by atoms with Crippen LogP contribution >= 0.6 is 0 Å². The molecule has 2 fully saturated rings. The predicted octanol–water partition coefficient (Wildman–Crippen LogP) is 0.184. The summed E-state index contributed by atoms with van der Waals surface area (Å²) >= 11 is 0. The lowest BCUT2D eigenvalue weighted by Crippen LogP contribution is -2.48. The van der Waals surface area contributed by atoms with E-state index in [1.807, 2.05) is 12.1 Å². The maximum absolute atomic E-state index is 9.06. The van der Waals surface area contributed by atoms with Gasteiger partial charge in [0.05, 0.1) is 12.2 Å². The summed E-state index contributed by atoms with van der Waals surface area (Å²) in [6.45, 7) is 8.07. The minimum absolute atomic E-state index is 0.211. The monoisotopic (exact) mass is 394 g/mol. The molecule has 0 aromatic carbocycles. The quantitative estimate of drug-likeness (QED) is 0.762. The highest BCUT2D eigenvalue weighted by molar-refractivity contribution is 5.48. The topological polar surface area (TPSA) is 95.7 Å². The summed E-state index contributed by atoms with van der Waals surface area (Å²) in [4.78, 5) is 13.4. The van der Waals surface area contributed by atoms with Gasteiger partial charge in [-0.1, -0.05) is 0 Å². The van der Waals surface area contributed by atoms with Gasteiger partial charge in [-0.3, -0.25) is 4.90 Å². The van der Waals surface area contributed by atoms with Crippen LogP contribution in [0.1, 0.15) is 5.56 Å². The molecular weight excluding hydrogens is 368 g/mol. The first-order valence-electron chi connectivity index (χ1n) is 10.0. The molecule has 0 spiro atoms. The third-order valence-electron chi connectivity index (χ3n) is 5.55. The summed E-state index contributed by atoms with van der Waals surface area (Å²) < 4.78 is 0. The first-order chi connectivity index (χ1) is 14.3. The van der Waals surface area contributed by atoms with Gasteiger partial charge in [0, 0.05) is 65.1 Å². The zero-order valence-electron chi connectivity index (χ0n) is 16.5. The Labute approximate surface area is 170 Å². The van der Waals surface area contributed by atoms with Crippen LogP contribution in [0.25, 0.3) is 0 Å². The number of aliphatic hydroxyl groups excluding tert-OH is 1. The second kappa shape index (κ2) is 9.03. The first-order valence-corrected chi connectivity index (χ1v) is 10.0. The van der Waals surface area contributed by atoms with Crippen LogP contribution in [0.3, 0.4) is 0 Å². The van der Waals surface area contributed by atoms with Crippen LogP contribution in [-0.2, 0) is 0 Å². The fourth-order valence-corrected chi connectivity index (χ4v) is 3.80. The molecule has 9 heteroatoms. The molecule has 0 bridgehead atoms. The lowest BCUT2D eigenvalue weighted by Gasteiger charge is -2.36. The Hall–Kier alpha value is -2.96. The number of aromatic nitrogens is 3. The lowest BCUT2D eigenvalue weighted by molar-refractivity contribution is 0.188. The van der Waals surface area contributed by atoms with Crippen molar-refractivity contribution in [2.24, 2.45) is 0 Å². The Balaban J connectivity index is 1.30. The minimum atomic E-state index is 0.211. The number of β-amino-alcohol motifs (C(OH)–C–C–N with tert-alkyl or cyclic N) is 1. The zero-order valence-corrected chi connectivity index (χ0v) is 16.5. The molecule has 0 aliphatic carbocycles. The molecule has 152 valence electrons. The van der Waals surface area contributed by atoms with Gasteiger partial charge in [0.15, 0.2) is 11.6 Å². The van der Waals surface area contributed by atoms with Crippen LogP contribution in [0, 0.1) is 11.3 Å². The van der Waals surface area contributed by atoms with Crippen molar-refractivity contribution in [2.75, 3.05) is 80.2 Å². The summed E-state index contributed by atoms with van der Waals surface area (Å²) in [7, 11) is 0. The second-order valence-electron chi connectivity index (χ2n) is 7.29. The van der Waals surface area contributed by atoms with E-state index in [-0.39, 0.29) is 6.61 Å². The Kier molecular flexibility index (Phi) is 6.03. The van der Waals surface area contributed by atoms with E-state index in [1.54, 1.807) is 6.20 Å². The Morgan fingerprint density at radius 1 is 0.793 bits per heavy atom. The van der Waals surface area contributed by atoms with Crippen LogP contribution in [0.15, 0.2) is 30.5 Å². The fourth-order valence-electron chi connectivity index (χ4n) is 3.80. The van der Waals surface area contributed by atoms with Crippen molar-refractivity contribution in [3.63, 3.8) is 0 Å². The average molecular weight is 394 g/mol. The van der Waals surface area contributed by atoms with Crippen molar-refractivity contribution in [1.82, 2.24) is 20.1 Å². The van der Waals surface area contributed by atoms with Gasteiger partial charge in [-0.25, -0.2) is 4.98 Å². The predicted molar refractivity (Wildman–Crippen MR) is 111 cm³/mol. The van der Waals surface area contributed by atoms with E-state index >= 15 is 0 Å². The van der Waals surface area contributed by atoms with Crippen molar-refractivity contribution < 1.29 is 5.11 Å². The molecule has 0 atom stereocenters. The SMILES string of the molecule is N#Cc1ccc(N2CCN(c3ccc(N4CCN(CCO)CC4)nn3)CC2)nc1. The number of anilines is 3. The van der Waals surface area contributed by atoms with E-state index in [1.165, 1.54) is 0 Å². The van der Waals surface area contributed by atoms with Gasteiger partial charge in [-0.2, -0.15) is 5.26 Å². The molecule has 0 amide bonds. The van der Waals surface area contributed by atoms with Gasteiger partial charge in [0.1, 0.15) is 11.9 Å². The molecule has 0 radical (unpaired) electrons. The Morgan fingerprint density at radius 3 is 1.76 bits per heavy atom. The van der Waals surface area contributed by atoms with Gasteiger partial charge in [-0.05, 0) is 24.3 Å². The summed E-state index contributed by atoms with van der Waals surface area (Å²) in [6.07, 6.45) is 1.62. The molecule has 2 aliphatic rings. The second-order valence-corrected chi connectivity index (χ2v) is 7.29. The van der Waals surface area contributed by atoms with Crippen molar-refractivity contribution in [1.29, 1.82) is 5.26 Å². The summed E-state index contributed by atoms with van der Waals surface area (Å²) in [5.41, 5.74) is 0.581. The standard InChI is InChI=1S/C20H26N8O/c21-15-17-1-2-18(22-16-17)26-9-11-28(12-10-26)20-4-3-19(23-24-20)27-7-5-25(6-8-27)13-14-29/h1-4,16,29H,5-14H2. The maximum atomic E-state index is 9.06. The third-order valence-corrected chi connectivity index (χ3v) is 5.55. The van der Waals surface area contributed by atoms with Gasteiger partial charge in [0.2, 0.25) is 0 Å². The van der Waals surface area contributed by atoms with E-state index in [2.05, 4.69) is 53.0 Å². The minimum Gasteiger partial charge on any atom is -0.395 e. The molecule has 2 saturated heterocycles. The van der Waals surface area contributed by atoms with Crippen LogP contribution in [0.4, 0.5) is 17.5 Å². The molecule has 0 saturated carbocycles. The van der Waals surface area contributed by atoms with Gasteiger partial charge in [0.25, 0.3) is 0 Å². The number of pyridine rings is 1. The Morgan fingerprint density at radius 2 is 1.31 bits per heavy atom. The highest BCUT2D eigenvalue weighted by Gasteiger charge is 2.21. The van der Waals surface area contributed by atoms with E-state index < -0.39 is 0 Å². The van der Waals surface area contributed by atoms with Crippen LogP contribution < -0.4 is 14.7 Å². The molecule has 2 aromatic heterocycles. The van der Waals surface area contributed by atoms with E-state index in [0.29, 0.717) is 5.56 Å². The first kappa shape index (κ1) is 19.4. The van der Waals surface area contributed by atoms with Crippen molar-refractivity contribution in [3.05, 3.63) is 36.0 Å². The molecule has 2 aliphatic heterocycles. The molecule has 1 N–H and O–H groups in total. The summed E-state index contributed by atoms with van der Waals surface area (Å²) in [6, 6.07) is 9.92. The maximum Gasteiger partial charge on any atom is 0.151 e. The van der Waals surface area contributed by atoms with Gasteiger partial charge < -0.3 is 19.8 Å².